The second-order valence-electron chi connectivity index (χ2n) is 5.22. The lowest BCUT2D eigenvalue weighted by Crippen LogP contribution is -2.52. The lowest BCUT2D eigenvalue weighted by atomic mass is 10.1. The standard InChI is InChI=1S/C14H23N3O5/c1-9(18)16-10-5-3-4-8-15-12(19)7-6-11(14(21)22-2)17-13(10)20/h10-11H,3-8H2,1-2H3,(H,15,19)(H,16,18)(H,17,20)/t10-,11-/m0/s1. The predicted octanol–water partition coefficient (Wildman–Crippen LogP) is -0.771. The molecular weight excluding hydrogens is 290 g/mol. The van der Waals surface area contributed by atoms with Crippen LogP contribution in [-0.2, 0) is 23.9 Å². The number of rotatable bonds is 2. The van der Waals surface area contributed by atoms with Crippen LogP contribution in [0.4, 0.5) is 0 Å². The molecule has 1 aliphatic rings. The Kier molecular flexibility index (Phi) is 7.34. The Labute approximate surface area is 129 Å². The van der Waals surface area contributed by atoms with E-state index < -0.39 is 24.0 Å². The van der Waals surface area contributed by atoms with Crippen molar-refractivity contribution in [1.82, 2.24) is 16.0 Å². The van der Waals surface area contributed by atoms with Gasteiger partial charge in [0.25, 0.3) is 0 Å². The van der Waals surface area contributed by atoms with Crippen molar-refractivity contribution in [3.63, 3.8) is 0 Å². The summed E-state index contributed by atoms with van der Waals surface area (Å²) < 4.78 is 4.64. The van der Waals surface area contributed by atoms with E-state index in [1.165, 1.54) is 14.0 Å². The van der Waals surface area contributed by atoms with Gasteiger partial charge >= 0.3 is 5.97 Å². The van der Waals surface area contributed by atoms with Crippen LogP contribution >= 0.6 is 0 Å². The van der Waals surface area contributed by atoms with E-state index in [-0.39, 0.29) is 24.7 Å². The van der Waals surface area contributed by atoms with E-state index in [0.717, 1.165) is 6.42 Å². The molecule has 124 valence electrons. The van der Waals surface area contributed by atoms with Gasteiger partial charge in [-0.3, -0.25) is 14.4 Å². The van der Waals surface area contributed by atoms with Crippen molar-refractivity contribution in [2.24, 2.45) is 0 Å². The van der Waals surface area contributed by atoms with E-state index in [2.05, 4.69) is 20.7 Å². The highest BCUT2D eigenvalue weighted by Gasteiger charge is 2.27. The monoisotopic (exact) mass is 313 g/mol. The third-order valence-corrected chi connectivity index (χ3v) is 3.40. The molecule has 1 fully saturated rings. The first-order valence-corrected chi connectivity index (χ1v) is 7.36. The van der Waals surface area contributed by atoms with Crippen LogP contribution in [0.25, 0.3) is 0 Å². The molecule has 0 spiro atoms. The zero-order valence-corrected chi connectivity index (χ0v) is 12.9. The average molecular weight is 313 g/mol. The van der Waals surface area contributed by atoms with Crippen molar-refractivity contribution in [3.8, 4) is 0 Å². The molecule has 0 radical (unpaired) electrons. The summed E-state index contributed by atoms with van der Waals surface area (Å²) in [7, 11) is 1.22. The summed E-state index contributed by atoms with van der Waals surface area (Å²) in [6.45, 7) is 1.84. The number of hydrogen-bond acceptors (Lipinski definition) is 5. The molecule has 0 aromatic heterocycles. The predicted molar refractivity (Wildman–Crippen MR) is 77.6 cm³/mol. The van der Waals surface area contributed by atoms with Crippen LogP contribution in [0.3, 0.4) is 0 Å². The highest BCUT2D eigenvalue weighted by Crippen LogP contribution is 2.06. The van der Waals surface area contributed by atoms with Crippen LogP contribution in [0.1, 0.15) is 39.0 Å². The lowest BCUT2D eigenvalue weighted by Gasteiger charge is -2.22. The minimum atomic E-state index is -0.904. The second kappa shape index (κ2) is 9.01. The third kappa shape index (κ3) is 6.11. The van der Waals surface area contributed by atoms with Gasteiger partial charge in [0.05, 0.1) is 7.11 Å². The number of esters is 1. The van der Waals surface area contributed by atoms with Crippen LogP contribution in [0.2, 0.25) is 0 Å². The number of carbonyl (C=O) groups excluding carboxylic acids is 4. The maximum atomic E-state index is 12.2. The zero-order valence-electron chi connectivity index (χ0n) is 12.9. The molecule has 3 N–H and O–H groups in total. The van der Waals surface area contributed by atoms with Crippen LogP contribution in [0, 0.1) is 0 Å². The lowest BCUT2D eigenvalue weighted by molar-refractivity contribution is -0.145. The fraction of sp³-hybridized carbons (Fsp3) is 0.714. The molecule has 2 atom stereocenters. The van der Waals surface area contributed by atoms with Gasteiger partial charge in [0, 0.05) is 19.9 Å². The first kappa shape index (κ1) is 17.9. The molecule has 0 aromatic carbocycles. The van der Waals surface area contributed by atoms with Gasteiger partial charge in [-0.25, -0.2) is 4.79 Å². The summed E-state index contributed by atoms with van der Waals surface area (Å²) in [4.78, 5) is 46.8. The summed E-state index contributed by atoms with van der Waals surface area (Å²) in [6, 6.07) is -1.60. The molecule has 22 heavy (non-hydrogen) atoms. The molecule has 1 heterocycles. The molecule has 0 saturated carbocycles. The van der Waals surface area contributed by atoms with Gasteiger partial charge in [-0.2, -0.15) is 0 Å². The Morgan fingerprint density at radius 2 is 1.95 bits per heavy atom. The number of methoxy groups -OCH3 is 1. The summed E-state index contributed by atoms with van der Waals surface area (Å²) in [5, 5.41) is 7.89. The summed E-state index contributed by atoms with van der Waals surface area (Å²) in [5.74, 6) is -1.52. The van der Waals surface area contributed by atoms with Gasteiger partial charge in [-0.1, -0.05) is 0 Å². The largest absolute Gasteiger partial charge is 0.467 e. The van der Waals surface area contributed by atoms with E-state index in [0.29, 0.717) is 19.4 Å². The number of ether oxygens (including phenoxy) is 1. The Morgan fingerprint density at radius 1 is 1.23 bits per heavy atom. The quantitative estimate of drug-likeness (QED) is 0.579. The molecule has 8 heteroatoms. The molecule has 1 rings (SSSR count). The normalized spacial score (nSPS) is 24.1. The summed E-state index contributed by atoms with van der Waals surface area (Å²) in [5.41, 5.74) is 0. The smallest absolute Gasteiger partial charge is 0.328 e. The molecular formula is C14H23N3O5. The van der Waals surface area contributed by atoms with Crippen molar-refractivity contribution in [1.29, 1.82) is 0 Å². The SMILES string of the molecule is COC(=O)[C@@H]1CCC(=O)NCCCC[C@H](NC(C)=O)C(=O)N1. The van der Waals surface area contributed by atoms with E-state index >= 15 is 0 Å². The van der Waals surface area contributed by atoms with Gasteiger partial charge in [-0.15, -0.1) is 0 Å². The highest BCUT2D eigenvalue weighted by atomic mass is 16.5. The molecule has 3 amide bonds. The Hall–Kier alpha value is -2.12. The maximum absolute atomic E-state index is 12.2. The minimum Gasteiger partial charge on any atom is -0.467 e. The Morgan fingerprint density at radius 3 is 2.59 bits per heavy atom. The van der Waals surface area contributed by atoms with Gasteiger partial charge in [0.15, 0.2) is 0 Å². The fourth-order valence-corrected chi connectivity index (χ4v) is 2.24. The Balaban J connectivity index is 2.82. The average Bonchev–Trinajstić information content (AvgIpc) is 2.47. The van der Waals surface area contributed by atoms with Gasteiger partial charge in [-0.05, 0) is 25.7 Å². The minimum absolute atomic E-state index is 0.116. The molecule has 0 aromatic rings. The fourth-order valence-electron chi connectivity index (χ4n) is 2.24. The van der Waals surface area contributed by atoms with Crippen LogP contribution in [-0.4, -0.2) is 49.4 Å². The number of amides is 3. The topological polar surface area (TPSA) is 114 Å². The van der Waals surface area contributed by atoms with Crippen LogP contribution in [0.5, 0.6) is 0 Å². The van der Waals surface area contributed by atoms with E-state index in [1.807, 2.05) is 0 Å². The molecule has 0 unspecified atom stereocenters. The summed E-state index contributed by atoms with van der Waals surface area (Å²) >= 11 is 0. The van der Waals surface area contributed by atoms with Crippen LogP contribution < -0.4 is 16.0 Å². The second-order valence-corrected chi connectivity index (χ2v) is 5.22. The molecule has 1 aliphatic heterocycles. The van der Waals surface area contributed by atoms with Crippen molar-refractivity contribution in [2.45, 2.75) is 51.1 Å². The number of nitrogens with one attached hydrogen (secondary N) is 3. The zero-order chi connectivity index (χ0) is 16.5. The highest BCUT2D eigenvalue weighted by molar-refractivity contribution is 5.90. The van der Waals surface area contributed by atoms with E-state index in [1.54, 1.807) is 0 Å². The van der Waals surface area contributed by atoms with E-state index in [9.17, 15) is 19.2 Å². The third-order valence-electron chi connectivity index (χ3n) is 3.40. The number of hydrogen-bond donors (Lipinski definition) is 3. The molecule has 8 nitrogen and oxygen atoms in total. The number of carbonyl (C=O) groups is 4. The van der Waals surface area contributed by atoms with Gasteiger partial charge in [0.2, 0.25) is 17.7 Å². The van der Waals surface area contributed by atoms with Crippen molar-refractivity contribution >= 4 is 23.7 Å². The molecule has 0 bridgehead atoms. The van der Waals surface area contributed by atoms with Crippen molar-refractivity contribution in [2.75, 3.05) is 13.7 Å². The molecule has 0 aliphatic carbocycles. The molecule has 1 saturated heterocycles. The maximum Gasteiger partial charge on any atom is 0.328 e. The van der Waals surface area contributed by atoms with Crippen LogP contribution in [0.15, 0.2) is 0 Å². The van der Waals surface area contributed by atoms with Gasteiger partial charge in [0.1, 0.15) is 12.1 Å². The van der Waals surface area contributed by atoms with Crippen molar-refractivity contribution in [3.05, 3.63) is 0 Å². The first-order valence-electron chi connectivity index (χ1n) is 7.36. The Bertz CT molecular complexity index is 438. The summed E-state index contributed by atoms with van der Waals surface area (Å²) in [6.07, 6.45) is 2.09. The van der Waals surface area contributed by atoms with Crippen molar-refractivity contribution < 1.29 is 23.9 Å². The first-order chi connectivity index (χ1) is 10.4. The van der Waals surface area contributed by atoms with E-state index in [4.69, 9.17) is 0 Å². The van der Waals surface area contributed by atoms with Gasteiger partial charge < -0.3 is 20.7 Å².